The molecule has 0 aliphatic rings. The molecule has 5 heteroatoms. The molecule has 0 radical (unpaired) electrons. The molecule has 1 aromatic carbocycles. The lowest BCUT2D eigenvalue weighted by Gasteiger charge is -2.21. The van der Waals surface area contributed by atoms with Gasteiger partial charge in [-0.15, -0.1) is 0 Å². The Morgan fingerprint density at radius 3 is 2.43 bits per heavy atom. The average Bonchev–Trinajstić information content (AvgIpc) is 2.39. The van der Waals surface area contributed by atoms with E-state index in [1.54, 1.807) is 11.8 Å². The van der Waals surface area contributed by atoms with E-state index < -0.39 is 0 Å². The normalized spacial score (nSPS) is 11.7. The molecule has 1 aromatic heterocycles. The Morgan fingerprint density at radius 2 is 1.86 bits per heavy atom. The van der Waals surface area contributed by atoms with Gasteiger partial charge in [0, 0.05) is 33.8 Å². The number of nitrogens with one attached hydrogen (secondary N) is 1. The highest BCUT2D eigenvalue weighted by atomic mass is 79.9. The summed E-state index contributed by atoms with van der Waals surface area (Å²) in [6, 6.07) is 6.37. The first kappa shape index (κ1) is 16.5. The van der Waals surface area contributed by atoms with Gasteiger partial charge in [0.05, 0.1) is 0 Å². The van der Waals surface area contributed by atoms with Crippen molar-refractivity contribution in [1.29, 1.82) is 0 Å². The Hall–Kier alpha value is -0.910. The molecule has 112 valence electrons. The van der Waals surface area contributed by atoms with Crippen LogP contribution in [0.15, 0.2) is 45.1 Å². The van der Waals surface area contributed by atoms with E-state index in [0.717, 1.165) is 26.6 Å². The van der Waals surface area contributed by atoms with Gasteiger partial charge in [0.1, 0.15) is 0 Å². The Labute approximate surface area is 139 Å². The summed E-state index contributed by atoms with van der Waals surface area (Å²) in [5.74, 6) is 0. The first-order valence-corrected chi connectivity index (χ1v) is 8.44. The number of nitrogens with zero attached hydrogens (tertiary/aromatic N) is 2. The second kappa shape index (κ2) is 6.90. The summed E-state index contributed by atoms with van der Waals surface area (Å²) in [6.45, 7) is 9.33. The minimum atomic E-state index is 0.114. The predicted octanol–water partition coefficient (Wildman–Crippen LogP) is 4.59. The molecule has 0 bridgehead atoms. The number of aromatic nitrogens is 2. The van der Waals surface area contributed by atoms with Crippen LogP contribution in [0, 0.1) is 6.92 Å². The van der Waals surface area contributed by atoms with E-state index in [1.807, 2.05) is 19.3 Å². The summed E-state index contributed by atoms with van der Waals surface area (Å²) in [6.07, 6.45) is 3.68. The Bertz CT molecular complexity index is 606. The quantitative estimate of drug-likeness (QED) is 0.804. The molecule has 2 aromatic rings. The molecular formula is C16H20BrN3S. The highest BCUT2D eigenvalue weighted by Gasteiger charge is 2.10. The zero-order valence-corrected chi connectivity index (χ0v) is 15.2. The van der Waals surface area contributed by atoms with Gasteiger partial charge in [-0.3, -0.25) is 0 Å². The second-order valence-corrected chi connectivity index (χ2v) is 7.90. The van der Waals surface area contributed by atoms with Crippen LogP contribution in [-0.2, 0) is 6.54 Å². The van der Waals surface area contributed by atoms with Gasteiger partial charge in [0.15, 0.2) is 5.16 Å². The molecule has 0 unspecified atom stereocenters. The molecule has 0 aliphatic heterocycles. The smallest absolute Gasteiger partial charge is 0.192 e. The van der Waals surface area contributed by atoms with E-state index in [0.29, 0.717) is 0 Å². The van der Waals surface area contributed by atoms with Crippen LogP contribution in [0.1, 0.15) is 31.9 Å². The molecule has 21 heavy (non-hydrogen) atoms. The molecule has 1 heterocycles. The van der Waals surface area contributed by atoms with Crippen molar-refractivity contribution in [2.75, 3.05) is 0 Å². The molecule has 0 atom stereocenters. The third-order valence-electron chi connectivity index (χ3n) is 2.80. The summed E-state index contributed by atoms with van der Waals surface area (Å²) in [5.41, 5.74) is 2.44. The molecule has 0 aliphatic carbocycles. The summed E-state index contributed by atoms with van der Waals surface area (Å²) in [5, 5.41) is 4.26. The van der Waals surface area contributed by atoms with Crippen LogP contribution >= 0.6 is 27.7 Å². The van der Waals surface area contributed by atoms with Crippen LogP contribution in [0.5, 0.6) is 0 Å². The van der Waals surface area contributed by atoms with Crippen molar-refractivity contribution in [2.24, 2.45) is 0 Å². The Balaban J connectivity index is 2.06. The molecule has 1 N–H and O–H groups in total. The van der Waals surface area contributed by atoms with Gasteiger partial charge in [-0.1, -0.05) is 22.0 Å². The summed E-state index contributed by atoms with van der Waals surface area (Å²) in [4.78, 5) is 9.77. The van der Waals surface area contributed by atoms with Crippen LogP contribution in [0.2, 0.25) is 0 Å². The summed E-state index contributed by atoms with van der Waals surface area (Å²) >= 11 is 5.22. The monoisotopic (exact) mass is 365 g/mol. The van der Waals surface area contributed by atoms with Gasteiger partial charge >= 0.3 is 0 Å². The lowest BCUT2D eigenvalue weighted by atomic mass is 10.1. The maximum Gasteiger partial charge on any atom is 0.192 e. The second-order valence-electron chi connectivity index (χ2n) is 6.00. The molecule has 0 spiro atoms. The Kier molecular flexibility index (Phi) is 5.41. The maximum absolute atomic E-state index is 4.32. The van der Waals surface area contributed by atoms with Crippen molar-refractivity contribution >= 4 is 27.7 Å². The minimum Gasteiger partial charge on any atom is -0.308 e. The van der Waals surface area contributed by atoms with Crippen LogP contribution in [0.4, 0.5) is 0 Å². The van der Waals surface area contributed by atoms with Gasteiger partial charge in [0.25, 0.3) is 0 Å². The van der Waals surface area contributed by atoms with Crippen molar-refractivity contribution in [1.82, 2.24) is 15.3 Å². The highest BCUT2D eigenvalue weighted by molar-refractivity contribution is 9.10. The zero-order chi connectivity index (χ0) is 15.5. The van der Waals surface area contributed by atoms with Crippen LogP contribution < -0.4 is 5.32 Å². The van der Waals surface area contributed by atoms with E-state index in [-0.39, 0.29) is 5.54 Å². The van der Waals surface area contributed by atoms with E-state index in [2.05, 4.69) is 70.2 Å². The van der Waals surface area contributed by atoms with Crippen LogP contribution in [0.25, 0.3) is 0 Å². The van der Waals surface area contributed by atoms with E-state index in [4.69, 9.17) is 0 Å². The third-order valence-corrected chi connectivity index (χ3v) is 4.42. The highest BCUT2D eigenvalue weighted by Crippen LogP contribution is 2.29. The Morgan fingerprint density at radius 1 is 1.19 bits per heavy atom. The fraction of sp³-hybridized carbons (Fsp3) is 0.375. The lowest BCUT2D eigenvalue weighted by molar-refractivity contribution is 0.424. The number of hydrogen-bond acceptors (Lipinski definition) is 4. The summed E-state index contributed by atoms with van der Waals surface area (Å²) < 4.78 is 1.11. The largest absolute Gasteiger partial charge is 0.308 e. The van der Waals surface area contributed by atoms with E-state index >= 15 is 0 Å². The summed E-state index contributed by atoms with van der Waals surface area (Å²) in [7, 11) is 0. The van der Waals surface area contributed by atoms with Gasteiger partial charge in [0.2, 0.25) is 0 Å². The lowest BCUT2D eigenvalue weighted by Crippen LogP contribution is -2.35. The number of hydrogen-bond donors (Lipinski definition) is 1. The predicted molar refractivity (Wildman–Crippen MR) is 91.6 cm³/mol. The van der Waals surface area contributed by atoms with Crippen molar-refractivity contribution in [3.8, 4) is 0 Å². The maximum atomic E-state index is 4.32. The number of aryl methyl sites for hydroxylation is 1. The number of rotatable bonds is 4. The molecule has 0 fully saturated rings. The number of benzene rings is 1. The van der Waals surface area contributed by atoms with Crippen molar-refractivity contribution in [3.63, 3.8) is 0 Å². The average molecular weight is 366 g/mol. The van der Waals surface area contributed by atoms with Crippen molar-refractivity contribution < 1.29 is 0 Å². The van der Waals surface area contributed by atoms with Gasteiger partial charge in [-0.25, -0.2) is 9.97 Å². The van der Waals surface area contributed by atoms with E-state index in [1.165, 1.54) is 5.56 Å². The van der Waals surface area contributed by atoms with Gasteiger partial charge in [-0.2, -0.15) is 0 Å². The first-order chi connectivity index (χ1) is 9.83. The van der Waals surface area contributed by atoms with Gasteiger partial charge < -0.3 is 5.32 Å². The molecule has 2 rings (SSSR count). The standard InChI is InChI=1S/C16H20BrN3S/c1-11-8-18-15(19-9-11)21-13-6-5-12(14(17)7-13)10-20-16(2,3)4/h5-9,20H,10H2,1-4H3. The van der Waals surface area contributed by atoms with Gasteiger partial charge in [-0.05, 0) is 62.7 Å². The zero-order valence-electron chi connectivity index (χ0n) is 12.8. The molecule has 0 amide bonds. The first-order valence-electron chi connectivity index (χ1n) is 6.83. The van der Waals surface area contributed by atoms with E-state index in [9.17, 15) is 0 Å². The fourth-order valence-electron chi connectivity index (χ4n) is 1.63. The van der Waals surface area contributed by atoms with Crippen LogP contribution in [-0.4, -0.2) is 15.5 Å². The van der Waals surface area contributed by atoms with Crippen LogP contribution in [0.3, 0.4) is 0 Å². The fourth-order valence-corrected chi connectivity index (χ4v) is 3.04. The minimum absolute atomic E-state index is 0.114. The molecular weight excluding hydrogens is 346 g/mol. The van der Waals surface area contributed by atoms with Crippen molar-refractivity contribution in [3.05, 3.63) is 46.2 Å². The molecule has 0 saturated heterocycles. The molecule has 0 saturated carbocycles. The SMILES string of the molecule is Cc1cnc(Sc2ccc(CNC(C)(C)C)c(Br)c2)nc1. The van der Waals surface area contributed by atoms with Crippen molar-refractivity contribution in [2.45, 2.75) is 49.8 Å². The third kappa shape index (κ3) is 5.41. The number of halogens is 1. The molecule has 3 nitrogen and oxygen atoms in total. The topological polar surface area (TPSA) is 37.8 Å².